The summed E-state index contributed by atoms with van der Waals surface area (Å²) in [6.07, 6.45) is 12.2. The maximum atomic E-state index is 14.8. The van der Waals surface area contributed by atoms with Crippen LogP contribution in [0.25, 0.3) is 10.9 Å². The standard InChI is InChI=1S/C39H51N3O5/c1-39(24-31-25-41-33-15-10-9-14-32(31)33,42-38(45)47-36-29-19-27-18-28(21-29)22-30(36)20-27)37(44)34(23-26-12-6-5-7-13-26)40-17-11-4-3-8-16-35(43)46-2/h5-7,9-10,12-15,25,27-30,34,36,40-41H,3-4,8,11,16-24H2,1-2H3,(H,42,45). The SMILES string of the molecule is COC(=O)CCCCCCNC(Cc1ccccc1)C(=O)C(C)(Cc1c[nH]c2ccccc12)NC(=O)OC1C2CC3CC(C2)CC1C3. The number of para-hydroxylation sites is 1. The molecule has 2 unspecified atom stereocenters. The maximum absolute atomic E-state index is 14.8. The molecule has 252 valence electrons. The van der Waals surface area contributed by atoms with Crippen molar-refractivity contribution in [2.24, 2.45) is 23.7 Å². The van der Waals surface area contributed by atoms with Crippen LogP contribution in [0.15, 0.2) is 60.8 Å². The van der Waals surface area contributed by atoms with E-state index in [-0.39, 0.29) is 17.9 Å². The number of carbonyl (C=O) groups excluding carboxylic acids is 3. The molecule has 4 bridgehead atoms. The molecule has 3 aromatic rings. The van der Waals surface area contributed by atoms with Gasteiger partial charge in [0.25, 0.3) is 0 Å². The molecule has 4 aliphatic rings. The molecule has 4 fully saturated rings. The number of Topliss-reactive ketones (excluding diaryl/α,β-unsaturated/α-hetero) is 1. The van der Waals surface area contributed by atoms with Gasteiger partial charge in [0.1, 0.15) is 11.6 Å². The predicted octanol–water partition coefficient (Wildman–Crippen LogP) is 6.91. The van der Waals surface area contributed by atoms with E-state index in [1.165, 1.54) is 13.5 Å². The Balaban J connectivity index is 1.19. The summed E-state index contributed by atoms with van der Waals surface area (Å²) in [6, 6.07) is 17.6. The Labute approximate surface area is 278 Å². The highest BCUT2D eigenvalue weighted by molar-refractivity contribution is 5.96. The summed E-state index contributed by atoms with van der Waals surface area (Å²) in [4.78, 5) is 43.4. The Kier molecular flexibility index (Phi) is 10.7. The number of nitrogens with one attached hydrogen (secondary N) is 3. The summed E-state index contributed by atoms with van der Waals surface area (Å²) in [5, 5.41) is 7.75. The largest absolute Gasteiger partial charge is 0.469 e. The minimum absolute atomic E-state index is 0.0561. The van der Waals surface area contributed by atoms with Crippen molar-refractivity contribution < 1.29 is 23.9 Å². The lowest BCUT2D eigenvalue weighted by Crippen LogP contribution is -2.61. The summed E-state index contributed by atoms with van der Waals surface area (Å²) in [7, 11) is 1.42. The summed E-state index contributed by atoms with van der Waals surface area (Å²) >= 11 is 0. The van der Waals surface area contributed by atoms with Gasteiger partial charge < -0.3 is 25.1 Å². The number of ether oxygens (including phenoxy) is 2. The molecule has 2 atom stereocenters. The van der Waals surface area contributed by atoms with Crippen molar-refractivity contribution in [3.8, 4) is 0 Å². The first-order chi connectivity index (χ1) is 22.8. The first-order valence-corrected chi connectivity index (χ1v) is 17.7. The number of amides is 1. The number of hydrogen-bond acceptors (Lipinski definition) is 6. The van der Waals surface area contributed by atoms with Crippen molar-refractivity contribution in [1.29, 1.82) is 0 Å². The number of alkyl carbamates (subject to hydrolysis) is 1. The Morgan fingerprint density at radius 1 is 0.894 bits per heavy atom. The zero-order valence-corrected chi connectivity index (χ0v) is 28.0. The Bertz CT molecular complexity index is 1490. The lowest BCUT2D eigenvalue weighted by atomic mass is 9.55. The topological polar surface area (TPSA) is 110 Å². The molecule has 0 radical (unpaired) electrons. The molecule has 1 aromatic heterocycles. The number of methoxy groups -OCH3 is 1. The minimum atomic E-state index is -1.21. The van der Waals surface area contributed by atoms with Gasteiger partial charge in [0.2, 0.25) is 0 Å². The molecular weight excluding hydrogens is 590 g/mol. The molecule has 1 amide bonds. The van der Waals surface area contributed by atoms with Crippen molar-refractivity contribution in [2.75, 3.05) is 13.7 Å². The van der Waals surface area contributed by atoms with Crippen LogP contribution < -0.4 is 10.6 Å². The first kappa shape index (κ1) is 33.3. The van der Waals surface area contributed by atoms with Gasteiger partial charge in [-0.1, -0.05) is 61.4 Å². The van der Waals surface area contributed by atoms with Crippen LogP contribution >= 0.6 is 0 Å². The second-order valence-corrected chi connectivity index (χ2v) is 14.6. The van der Waals surface area contributed by atoms with E-state index in [2.05, 4.69) is 21.7 Å². The molecule has 1 heterocycles. The average molecular weight is 642 g/mol. The number of aromatic nitrogens is 1. The van der Waals surface area contributed by atoms with E-state index in [9.17, 15) is 14.4 Å². The van der Waals surface area contributed by atoms with Crippen LogP contribution in [0.5, 0.6) is 0 Å². The normalized spacial score (nSPS) is 24.9. The molecule has 0 spiro atoms. The summed E-state index contributed by atoms with van der Waals surface area (Å²) in [5.74, 6) is 2.21. The van der Waals surface area contributed by atoms with Gasteiger partial charge >= 0.3 is 12.1 Å². The lowest BCUT2D eigenvalue weighted by Gasteiger charge is -2.53. The fourth-order valence-corrected chi connectivity index (χ4v) is 8.92. The maximum Gasteiger partial charge on any atom is 0.408 e. The number of ketones is 1. The molecule has 4 saturated carbocycles. The average Bonchev–Trinajstić information content (AvgIpc) is 3.47. The van der Waals surface area contributed by atoms with Gasteiger partial charge in [0, 0.05) is 29.9 Å². The quantitative estimate of drug-likeness (QED) is 0.116. The highest BCUT2D eigenvalue weighted by atomic mass is 16.6. The molecule has 8 nitrogen and oxygen atoms in total. The predicted molar refractivity (Wildman–Crippen MR) is 183 cm³/mol. The van der Waals surface area contributed by atoms with Crippen molar-refractivity contribution >= 4 is 28.7 Å². The molecular formula is C39H51N3O5. The highest BCUT2D eigenvalue weighted by Crippen LogP contribution is 2.54. The third kappa shape index (κ3) is 8.08. The van der Waals surface area contributed by atoms with E-state index < -0.39 is 17.7 Å². The first-order valence-electron chi connectivity index (χ1n) is 17.7. The molecule has 4 aliphatic carbocycles. The number of esters is 1. The van der Waals surface area contributed by atoms with E-state index in [1.807, 2.05) is 61.7 Å². The second-order valence-electron chi connectivity index (χ2n) is 14.6. The van der Waals surface area contributed by atoms with Crippen LogP contribution in [0.4, 0.5) is 4.79 Å². The summed E-state index contributed by atoms with van der Waals surface area (Å²) < 4.78 is 11.0. The van der Waals surface area contributed by atoms with Crippen LogP contribution in [0.2, 0.25) is 0 Å². The number of carbonyl (C=O) groups is 3. The van der Waals surface area contributed by atoms with Gasteiger partial charge in [-0.15, -0.1) is 0 Å². The van der Waals surface area contributed by atoms with E-state index in [1.54, 1.807) is 0 Å². The number of rotatable bonds is 16. The number of aromatic amines is 1. The Morgan fingerprint density at radius 2 is 1.57 bits per heavy atom. The fraction of sp³-hybridized carbons (Fsp3) is 0.564. The van der Waals surface area contributed by atoms with Gasteiger partial charge in [0.15, 0.2) is 5.78 Å². The molecule has 0 saturated heterocycles. The van der Waals surface area contributed by atoms with Crippen LogP contribution in [0, 0.1) is 23.7 Å². The Morgan fingerprint density at radius 3 is 2.30 bits per heavy atom. The number of hydrogen-bond donors (Lipinski definition) is 3. The molecule has 47 heavy (non-hydrogen) atoms. The van der Waals surface area contributed by atoms with Crippen molar-refractivity contribution in [1.82, 2.24) is 15.6 Å². The second kappa shape index (κ2) is 15.1. The van der Waals surface area contributed by atoms with E-state index in [0.29, 0.717) is 37.6 Å². The molecule has 8 heteroatoms. The highest BCUT2D eigenvalue weighted by Gasteiger charge is 2.50. The molecule has 2 aromatic carbocycles. The van der Waals surface area contributed by atoms with E-state index >= 15 is 0 Å². The minimum Gasteiger partial charge on any atom is -0.469 e. The van der Waals surface area contributed by atoms with Gasteiger partial charge in [-0.25, -0.2) is 4.79 Å². The smallest absolute Gasteiger partial charge is 0.408 e. The lowest BCUT2D eigenvalue weighted by molar-refractivity contribution is -0.140. The zero-order valence-electron chi connectivity index (χ0n) is 28.0. The van der Waals surface area contributed by atoms with Gasteiger partial charge in [-0.2, -0.15) is 0 Å². The molecule has 3 N–H and O–H groups in total. The van der Waals surface area contributed by atoms with Crippen molar-refractivity contribution in [2.45, 2.75) is 102 Å². The fourth-order valence-electron chi connectivity index (χ4n) is 8.92. The number of H-pyrrole nitrogens is 1. The third-order valence-corrected chi connectivity index (χ3v) is 11.0. The molecule has 7 rings (SSSR count). The van der Waals surface area contributed by atoms with Gasteiger partial charge in [-0.05, 0) is 106 Å². The van der Waals surface area contributed by atoms with E-state index in [4.69, 9.17) is 9.47 Å². The van der Waals surface area contributed by atoms with Crippen molar-refractivity contribution in [3.63, 3.8) is 0 Å². The molecule has 0 aliphatic heterocycles. The van der Waals surface area contributed by atoms with Gasteiger partial charge in [0.05, 0.1) is 13.2 Å². The number of unbranched alkanes of at least 4 members (excludes halogenated alkanes) is 3. The van der Waals surface area contributed by atoms with Crippen LogP contribution in [-0.2, 0) is 31.9 Å². The number of benzene rings is 2. The summed E-state index contributed by atoms with van der Waals surface area (Å²) in [6.45, 7) is 2.52. The Hall–Kier alpha value is -3.65. The number of fused-ring (bicyclic) bond motifs is 1. The summed E-state index contributed by atoms with van der Waals surface area (Å²) in [5.41, 5.74) is 1.83. The van der Waals surface area contributed by atoms with Crippen molar-refractivity contribution in [3.05, 3.63) is 71.9 Å². The third-order valence-electron chi connectivity index (χ3n) is 11.0. The monoisotopic (exact) mass is 641 g/mol. The van der Waals surface area contributed by atoms with E-state index in [0.717, 1.165) is 85.2 Å². The van der Waals surface area contributed by atoms with Crippen LogP contribution in [0.3, 0.4) is 0 Å². The van der Waals surface area contributed by atoms with Crippen LogP contribution in [-0.4, -0.2) is 54.2 Å². The van der Waals surface area contributed by atoms with Crippen LogP contribution in [0.1, 0.15) is 82.3 Å². The van der Waals surface area contributed by atoms with Gasteiger partial charge in [-0.3, -0.25) is 9.59 Å². The zero-order chi connectivity index (χ0) is 32.8.